The third-order valence-electron chi connectivity index (χ3n) is 2.54. The van der Waals surface area contributed by atoms with Gasteiger partial charge in [0.2, 0.25) is 0 Å². The summed E-state index contributed by atoms with van der Waals surface area (Å²) in [6.45, 7) is 0.555. The molecule has 0 saturated carbocycles. The van der Waals surface area contributed by atoms with Crippen LogP contribution in [0.3, 0.4) is 0 Å². The molecule has 1 heterocycles. The van der Waals surface area contributed by atoms with Crippen LogP contribution < -0.4 is 9.47 Å². The molecule has 1 aliphatic rings. The van der Waals surface area contributed by atoms with Gasteiger partial charge in [0.05, 0.1) is 0 Å². The van der Waals surface area contributed by atoms with E-state index in [1.807, 2.05) is 0 Å². The number of aliphatic hydroxyl groups is 1. The van der Waals surface area contributed by atoms with E-state index in [1.54, 1.807) is 0 Å². The first kappa shape index (κ1) is 12.9. The van der Waals surface area contributed by atoms with Crippen molar-refractivity contribution in [1.29, 1.82) is 0 Å². The molecule has 1 atom stereocenters. The fraction of sp³-hybridized carbons (Fsp3) is 0.455. The van der Waals surface area contributed by atoms with Crippen LogP contribution in [0.4, 0.5) is 17.6 Å². The maximum atomic E-state index is 13.0. The van der Waals surface area contributed by atoms with Gasteiger partial charge in [-0.25, -0.2) is 8.78 Å². The molecule has 3 nitrogen and oxygen atoms in total. The van der Waals surface area contributed by atoms with E-state index >= 15 is 0 Å². The molecule has 1 N–H and O–H groups in total. The largest absolute Gasteiger partial charge is 0.486 e. The lowest BCUT2D eigenvalue weighted by molar-refractivity contribution is -0.193. The highest BCUT2D eigenvalue weighted by molar-refractivity contribution is 5.44. The molecule has 1 aromatic carbocycles. The summed E-state index contributed by atoms with van der Waals surface area (Å²) in [4.78, 5) is 0. The summed E-state index contributed by atoms with van der Waals surface area (Å²) in [5, 5.41) is 9.29. The van der Waals surface area contributed by atoms with Crippen molar-refractivity contribution >= 4 is 0 Å². The van der Waals surface area contributed by atoms with Crippen molar-refractivity contribution in [3.05, 3.63) is 23.8 Å². The van der Waals surface area contributed by atoms with E-state index in [4.69, 9.17) is 9.47 Å². The van der Waals surface area contributed by atoms with Gasteiger partial charge >= 0.3 is 12.3 Å². The maximum Gasteiger partial charge on any atom is 0.336 e. The summed E-state index contributed by atoms with van der Waals surface area (Å²) < 4.78 is 60.5. The molecule has 0 aromatic heterocycles. The monoisotopic (exact) mass is 266 g/mol. The van der Waals surface area contributed by atoms with Crippen molar-refractivity contribution in [3.63, 3.8) is 0 Å². The highest BCUT2D eigenvalue weighted by atomic mass is 19.3. The van der Waals surface area contributed by atoms with Gasteiger partial charge in [0.15, 0.2) is 11.5 Å². The van der Waals surface area contributed by atoms with Crippen LogP contribution in [-0.2, 0) is 0 Å². The van der Waals surface area contributed by atoms with E-state index in [0.717, 1.165) is 12.1 Å². The minimum Gasteiger partial charge on any atom is -0.486 e. The fourth-order valence-electron chi connectivity index (χ4n) is 1.57. The number of hydrogen-bond acceptors (Lipinski definition) is 3. The number of hydrogen-bond donors (Lipinski definition) is 1. The van der Waals surface area contributed by atoms with Crippen LogP contribution in [0.15, 0.2) is 18.2 Å². The molecule has 1 unspecified atom stereocenters. The summed E-state index contributed by atoms with van der Waals surface area (Å²) in [7, 11) is 0. The fourth-order valence-corrected chi connectivity index (χ4v) is 1.57. The smallest absolute Gasteiger partial charge is 0.336 e. The molecule has 100 valence electrons. The predicted molar refractivity (Wildman–Crippen MR) is 53.3 cm³/mol. The average molecular weight is 266 g/mol. The lowest BCUT2D eigenvalue weighted by atomic mass is 10.0. The van der Waals surface area contributed by atoms with E-state index in [9.17, 15) is 22.7 Å². The molecule has 0 saturated heterocycles. The first-order valence-corrected chi connectivity index (χ1v) is 5.16. The van der Waals surface area contributed by atoms with Gasteiger partial charge in [-0.2, -0.15) is 8.78 Å². The number of rotatable bonds is 3. The minimum atomic E-state index is -4.51. The van der Waals surface area contributed by atoms with Crippen LogP contribution in [0, 0.1) is 0 Å². The lowest BCUT2D eigenvalue weighted by Crippen LogP contribution is -2.34. The molecule has 1 aliphatic heterocycles. The molecule has 0 aliphatic carbocycles. The standard InChI is InChI=1S/C11H10F4O3/c12-10(13)11(14,15)9(16)6-1-2-7-8(5-6)18-4-3-17-7/h1-2,5,9-10,16H,3-4H2. The highest BCUT2D eigenvalue weighted by Gasteiger charge is 2.49. The number of aliphatic hydroxyl groups excluding tert-OH is 1. The Morgan fingerprint density at radius 2 is 1.72 bits per heavy atom. The number of ether oxygens (including phenoxy) is 2. The van der Waals surface area contributed by atoms with Crippen LogP contribution in [0.1, 0.15) is 11.7 Å². The van der Waals surface area contributed by atoms with Gasteiger partial charge in [0.25, 0.3) is 0 Å². The van der Waals surface area contributed by atoms with E-state index in [-0.39, 0.29) is 17.9 Å². The molecule has 0 bridgehead atoms. The first-order valence-electron chi connectivity index (χ1n) is 5.16. The molecule has 2 rings (SSSR count). The van der Waals surface area contributed by atoms with Crippen LogP contribution in [0.25, 0.3) is 0 Å². The zero-order valence-corrected chi connectivity index (χ0v) is 9.08. The molecule has 7 heteroatoms. The predicted octanol–water partition coefficient (Wildman–Crippen LogP) is 2.39. The molecular formula is C11H10F4O3. The number of fused-ring (bicyclic) bond motifs is 1. The quantitative estimate of drug-likeness (QED) is 0.854. The van der Waals surface area contributed by atoms with Crippen molar-refractivity contribution in [2.75, 3.05) is 13.2 Å². The molecular weight excluding hydrogens is 256 g/mol. The second-order valence-corrected chi connectivity index (χ2v) is 3.78. The van der Waals surface area contributed by atoms with E-state index in [0.29, 0.717) is 12.4 Å². The Hall–Kier alpha value is -1.50. The lowest BCUT2D eigenvalue weighted by Gasteiger charge is -2.24. The van der Waals surface area contributed by atoms with Crippen molar-refractivity contribution in [3.8, 4) is 11.5 Å². The Bertz CT molecular complexity index is 436. The van der Waals surface area contributed by atoms with Crippen LogP contribution in [-0.4, -0.2) is 30.7 Å². The maximum absolute atomic E-state index is 13.0. The number of halogens is 4. The van der Waals surface area contributed by atoms with Gasteiger partial charge in [-0.3, -0.25) is 0 Å². The van der Waals surface area contributed by atoms with Crippen molar-refractivity contribution in [2.45, 2.75) is 18.5 Å². The second-order valence-electron chi connectivity index (χ2n) is 3.78. The molecule has 18 heavy (non-hydrogen) atoms. The van der Waals surface area contributed by atoms with E-state index < -0.39 is 18.5 Å². The molecule has 0 fully saturated rings. The first-order chi connectivity index (χ1) is 8.43. The zero-order chi connectivity index (χ0) is 13.3. The van der Waals surface area contributed by atoms with Crippen LogP contribution >= 0.6 is 0 Å². The summed E-state index contributed by atoms with van der Waals surface area (Å²) in [6.07, 6.45) is -6.53. The Balaban J connectivity index is 2.28. The van der Waals surface area contributed by atoms with E-state index in [1.165, 1.54) is 6.07 Å². The van der Waals surface area contributed by atoms with Gasteiger partial charge in [-0.1, -0.05) is 6.07 Å². The molecule has 1 aromatic rings. The molecule has 0 amide bonds. The van der Waals surface area contributed by atoms with Gasteiger partial charge in [-0.05, 0) is 17.7 Å². The van der Waals surface area contributed by atoms with Crippen LogP contribution in [0.2, 0.25) is 0 Å². The summed E-state index contributed by atoms with van der Waals surface area (Å²) in [5.41, 5.74) is -0.343. The van der Waals surface area contributed by atoms with Crippen molar-refractivity contribution in [2.24, 2.45) is 0 Å². The Kier molecular flexibility index (Phi) is 3.34. The number of alkyl halides is 4. The second kappa shape index (κ2) is 4.64. The highest BCUT2D eigenvalue weighted by Crippen LogP contribution is 2.40. The van der Waals surface area contributed by atoms with E-state index in [2.05, 4.69) is 0 Å². The third kappa shape index (κ3) is 2.22. The Morgan fingerprint density at radius 1 is 1.11 bits per heavy atom. The van der Waals surface area contributed by atoms with Gasteiger partial charge < -0.3 is 14.6 Å². The van der Waals surface area contributed by atoms with Gasteiger partial charge in [0, 0.05) is 0 Å². The third-order valence-corrected chi connectivity index (χ3v) is 2.54. The minimum absolute atomic E-state index is 0.155. The Labute approximate surface area is 99.9 Å². The normalized spacial score (nSPS) is 16.8. The topological polar surface area (TPSA) is 38.7 Å². The SMILES string of the molecule is OC(c1ccc2c(c1)OCCO2)C(F)(F)C(F)F. The summed E-state index contributed by atoms with van der Waals surface area (Å²) >= 11 is 0. The van der Waals surface area contributed by atoms with Crippen molar-refractivity contribution < 1.29 is 32.1 Å². The number of benzene rings is 1. The van der Waals surface area contributed by atoms with Gasteiger partial charge in [-0.15, -0.1) is 0 Å². The summed E-state index contributed by atoms with van der Waals surface area (Å²) in [5.74, 6) is -4.02. The average Bonchev–Trinajstić information content (AvgIpc) is 2.37. The molecule has 0 radical (unpaired) electrons. The van der Waals surface area contributed by atoms with Crippen LogP contribution in [0.5, 0.6) is 11.5 Å². The zero-order valence-electron chi connectivity index (χ0n) is 9.08. The summed E-state index contributed by atoms with van der Waals surface area (Å²) in [6, 6.07) is 3.48. The Morgan fingerprint density at radius 3 is 2.33 bits per heavy atom. The van der Waals surface area contributed by atoms with Crippen molar-refractivity contribution in [1.82, 2.24) is 0 Å². The van der Waals surface area contributed by atoms with Gasteiger partial charge in [0.1, 0.15) is 19.3 Å². The molecule has 0 spiro atoms.